The van der Waals surface area contributed by atoms with E-state index in [0.29, 0.717) is 5.69 Å². The van der Waals surface area contributed by atoms with E-state index in [9.17, 15) is 14.9 Å². The molecule has 8 nitrogen and oxygen atoms in total. The van der Waals surface area contributed by atoms with Gasteiger partial charge in [0.2, 0.25) is 5.91 Å². The highest BCUT2D eigenvalue weighted by Crippen LogP contribution is 2.29. The highest BCUT2D eigenvalue weighted by Gasteiger charge is 2.27. The lowest BCUT2D eigenvalue weighted by molar-refractivity contribution is -0.384. The minimum Gasteiger partial charge on any atom is -0.495 e. The molecular formula is C20H23ClN4O4. The summed E-state index contributed by atoms with van der Waals surface area (Å²) in [6.07, 6.45) is 0. The average Bonchev–Trinajstić information content (AvgIpc) is 2.74. The second-order valence-electron chi connectivity index (χ2n) is 6.78. The monoisotopic (exact) mass is 418 g/mol. The van der Waals surface area contributed by atoms with Gasteiger partial charge in [-0.3, -0.25) is 19.8 Å². The summed E-state index contributed by atoms with van der Waals surface area (Å²) in [4.78, 5) is 27.3. The second-order valence-corrected chi connectivity index (χ2v) is 7.19. The van der Waals surface area contributed by atoms with Gasteiger partial charge in [0.1, 0.15) is 5.75 Å². The minimum atomic E-state index is -0.526. The Kier molecular flexibility index (Phi) is 6.56. The molecule has 3 rings (SSSR count). The van der Waals surface area contributed by atoms with E-state index in [1.54, 1.807) is 7.11 Å². The number of amides is 1. The lowest BCUT2D eigenvalue weighted by atomic mass is 10.2. The topological polar surface area (TPSA) is 88.0 Å². The number of non-ortho nitro benzene ring substituents is 1. The zero-order chi connectivity index (χ0) is 21.0. The van der Waals surface area contributed by atoms with E-state index in [2.05, 4.69) is 15.1 Å². The maximum atomic E-state index is 12.7. The number of rotatable bonds is 6. The van der Waals surface area contributed by atoms with Gasteiger partial charge in [0.25, 0.3) is 5.69 Å². The molecular weight excluding hydrogens is 396 g/mol. The van der Waals surface area contributed by atoms with E-state index < -0.39 is 4.92 Å². The molecule has 1 saturated heterocycles. The van der Waals surface area contributed by atoms with Gasteiger partial charge in [-0.15, -0.1) is 0 Å². The largest absolute Gasteiger partial charge is 0.495 e. The van der Waals surface area contributed by atoms with Crippen LogP contribution in [0.4, 0.5) is 17.1 Å². The molecule has 1 aliphatic rings. The number of methoxy groups -OCH3 is 1. The Hall–Kier alpha value is -2.84. The lowest BCUT2D eigenvalue weighted by Crippen LogP contribution is -2.52. The van der Waals surface area contributed by atoms with E-state index in [1.807, 2.05) is 31.2 Å². The Labute approximate surface area is 174 Å². The molecule has 1 heterocycles. The number of nitrogens with one attached hydrogen (secondary N) is 1. The zero-order valence-corrected chi connectivity index (χ0v) is 17.1. The van der Waals surface area contributed by atoms with Crippen LogP contribution in [0, 0.1) is 10.1 Å². The summed E-state index contributed by atoms with van der Waals surface area (Å²) in [7, 11) is 1.66. The molecule has 2 aromatic rings. The fraction of sp³-hybridized carbons (Fsp3) is 0.350. The number of anilines is 2. The number of nitrogens with zero attached hydrogens (tertiary/aromatic N) is 3. The second kappa shape index (κ2) is 9.11. The maximum Gasteiger partial charge on any atom is 0.271 e. The number of para-hydroxylation sites is 2. The first-order chi connectivity index (χ1) is 13.9. The first-order valence-corrected chi connectivity index (χ1v) is 9.65. The van der Waals surface area contributed by atoms with Crippen LogP contribution in [0.3, 0.4) is 0 Å². The van der Waals surface area contributed by atoms with Crippen molar-refractivity contribution in [3.05, 3.63) is 57.6 Å². The number of halogens is 1. The van der Waals surface area contributed by atoms with Crippen LogP contribution in [-0.2, 0) is 4.79 Å². The molecule has 1 atom stereocenters. The van der Waals surface area contributed by atoms with Crippen molar-refractivity contribution in [2.24, 2.45) is 0 Å². The van der Waals surface area contributed by atoms with Crippen molar-refractivity contribution in [3.8, 4) is 5.75 Å². The molecule has 1 fully saturated rings. The van der Waals surface area contributed by atoms with Crippen LogP contribution < -0.4 is 15.0 Å². The molecule has 1 amide bonds. The van der Waals surface area contributed by atoms with Gasteiger partial charge >= 0.3 is 0 Å². The summed E-state index contributed by atoms with van der Waals surface area (Å²) in [6, 6.07) is 11.5. The van der Waals surface area contributed by atoms with E-state index in [4.69, 9.17) is 16.3 Å². The van der Waals surface area contributed by atoms with Gasteiger partial charge in [-0.25, -0.2) is 0 Å². The van der Waals surface area contributed by atoms with Crippen molar-refractivity contribution in [1.82, 2.24) is 4.90 Å². The van der Waals surface area contributed by atoms with Gasteiger partial charge in [-0.1, -0.05) is 23.7 Å². The lowest BCUT2D eigenvalue weighted by Gasteiger charge is -2.38. The first-order valence-electron chi connectivity index (χ1n) is 9.27. The number of hydrogen-bond donors (Lipinski definition) is 1. The molecule has 0 saturated carbocycles. The Balaban J connectivity index is 1.59. The molecule has 0 bridgehead atoms. The van der Waals surface area contributed by atoms with Gasteiger partial charge in [-0.2, -0.15) is 0 Å². The molecule has 0 aliphatic carbocycles. The molecule has 9 heteroatoms. The molecule has 1 aliphatic heterocycles. The quantitative estimate of drug-likeness (QED) is 0.571. The molecule has 1 N–H and O–H groups in total. The predicted molar refractivity (Wildman–Crippen MR) is 113 cm³/mol. The molecule has 29 heavy (non-hydrogen) atoms. The van der Waals surface area contributed by atoms with Crippen LogP contribution in [0.15, 0.2) is 42.5 Å². The predicted octanol–water partition coefficient (Wildman–Crippen LogP) is 3.41. The van der Waals surface area contributed by atoms with Gasteiger partial charge in [-0.05, 0) is 25.1 Å². The number of piperazine rings is 1. The van der Waals surface area contributed by atoms with E-state index in [0.717, 1.165) is 37.6 Å². The molecule has 0 radical (unpaired) electrons. The van der Waals surface area contributed by atoms with E-state index in [1.165, 1.54) is 18.2 Å². The van der Waals surface area contributed by atoms with Gasteiger partial charge in [0.15, 0.2) is 0 Å². The Bertz CT molecular complexity index is 900. The highest BCUT2D eigenvalue weighted by atomic mass is 35.5. The summed E-state index contributed by atoms with van der Waals surface area (Å²) < 4.78 is 5.44. The third kappa shape index (κ3) is 4.78. The van der Waals surface area contributed by atoms with Gasteiger partial charge < -0.3 is 15.0 Å². The minimum absolute atomic E-state index is 0.117. The van der Waals surface area contributed by atoms with Crippen LogP contribution in [0.2, 0.25) is 5.02 Å². The summed E-state index contributed by atoms with van der Waals surface area (Å²) >= 11 is 6.07. The average molecular weight is 419 g/mol. The van der Waals surface area contributed by atoms with Gasteiger partial charge in [0.05, 0.1) is 34.5 Å². The van der Waals surface area contributed by atoms with Crippen molar-refractivity contribution in [2.45, 2.75) is 13.0 Å². The van der Waals surface area contributed by atoms with Crippen LogP contribution >= 0.6 is 11.6 Å². The van der Waals surface area contributed by atoms with E-state index in [-0.39, 0.29) is 22.7 Å². The smallest absolute Gasteiger partial charge is 0.271 e. The third-order valence-corrected chi connectivity index (χ3v) is 5.40. The molecule has 154 valence electrons. The highest BCUT2D eigenvalue weighted by molar-refractivity contribution is 6.34. The normalized spacial score (nSPS) is 15.6. The van der Waals surface area contributed by atoms with Crippen molar-refractivity contribution in [3.63, 3.8) is 0 Å². The number of nitro benzene ring substituents is 1. The maximum absolute atomic E-state index is 12.7. The van der Waals surface area contributed by atoms with Crippen LogP contribution in [0.1, 0.15) is 6.92 Å². The Morgan fingerprint density at radius 2 is 1.90 bits per heavy atom. The SMILES string of the molecule is COc1ccccc1N1CCN(C(C)C(=O)Nc2ccc([N+](=O)[O-])cc2Cl)CC1. The number of benzene rings is 2. The Morgan fingerprint density at radius 1 is 1.21 bits per heavy atom. The van der Waals surface area contributed by atoms with Crippen LogP contribution in [-0.4, -0.2) is 55.1 Å². The van der Waals surface area contributed by atoms with Crippen molar-refractivity contribution in [1.29, 1.82) is 0 Å². The number of nitro groups is 1. The molecule has 0 spiro atoms. The van der Waals surface area contributed by atoms with Crippen LogP contribution in [0.25, 0.3) is 0 Å². The molecule has 1 unspecified atom stereocenters. The number of hydrogen-bond acceptors (Lipinski definition) is 6. The number of carbonyl (C=O) groups excluding carboxylic acids is 1. The Morgan fingerprint density at radius 3 is 2.52 bits per heavy atom. The van der Waals surface area contributed by atoms with Crippen molar-refractivity contribution < 1.29 is 14.5 Å². The number of carbonyl (C=O) groups is 1. The summed E-state index contributed by atoms with van der Waals surface area (Å²) in [6.45, 7) is 4.83. The fourth-order valence-corrected chi connectivity index (χ4v) is 3.59. The zero-order valence-electron chi connectivity index (χ0n) is 16.3. The van der Waals surface area contributed by atoms with Crippen molar-refractivity contribution >= 4 is 34.6 Å². The third-order valence-electron chi connectivity index (χ3n) is 5.09. The summed E-state index contributed by atoms with van der Waals surface area (Å²) in [5, 5.41) is 13.7. The fourth-order valence-electron chi connectivity index (χ4n) is 3.36. The van der Waals surface area contributed by atoms with Crippen LogP contribution in [0.5, 0.6) is 5.75 Å². The summed E-state index contributed by atoms with van der Waals surface area (Å²) in [5.74, 6) is 0.631. The molecule has 0 aromatic heterocycles. The van der Waals surface area contributed by atoms with E-state index >= 15 is 0 Å². The molecule has 2 aromatic carbocycles. The summed E-state index contributed by atoms with van der Waals surface area (Å²) in [5.41, 5.74) is 1.29. The number of ether oxygens (including phenoxy) is 1. The standard InChI is InChI=1S/C20H23ClN4O4/c1-14(20(26)22-17-8-7-15(25(27)28)13-16(17)21)23-9-11-24(12-10-23)18-5-3-4-6-19(18)29-2/h3-8,13-14H,9-12H2,1-2H3,(H,22,26). The van der Waals surface area contributed by atoms with Crippen molar-refractivity contribution in [2.75, 3.05) is 43.5 Å². The first kappa shape index (κ1) is 20.9. The van der Waals surface area contributed by atoms with Gasteiger partial charge in [0, 0.05) is 38.3 Å².